The number of carboxylic acid groups (broad SMARTS) is 1. The molecule has 0 aromatic heterocycles. The smallest absolute Gasteiger partial charge is 0.317 e. The van der Waals surface area contributed by atoms with Crippen molar-refractivity contribution >= 4 is 35.1 Å². The van der Waals surface area contributed by atoms with Crippen LogP contribution in [0, 0.1) is 5.92 Å². The predicted molar refractivity (Wildman–Crippen MR) is 92.7 cm³/mol. The summed E-state index contributed by atoms with van der Waals surface area (Å²) in [5.41, 5.74) is 0.407. The molecule has 0 heterocycles. The van der Waals surface area contributed by atoms with Crippen molar-refractivity contribution in [3.05, 3.63) is 33.8 Å². The number of nitrogens with zero attached hydrogens (tertiary/aromatic N) is 1. The quantitative estimate of drug-likeness (QED) is 0.773. The lowest BCUT2D eigenvalue weighted by molar-refractivity contribution is -0.139. The van der Waals surface area contributed by atoms with Gasteiger partial charge in [-0.05, 0) is 49.8 Å². The van der Waals surface area contributed by atoms with Gasteiger partial charge in [-0.1, -0.05) is 23.2 Å². The Kier molecular flexibility index (Phi) is 5.33. The summed E-state index contributed by atoms with van der Waals surface area (Å²) in [7, 11) is 0. The van der Waals surface area contributed by atoms with Crippen LogP contribution >= 0.6 is 23.2 Å². The van der Waals surface area contributed by atoms with Crippen molar-refractivity contribution in [2.45, 2.75) is 37.8 Å². The normalized spacial score (nSPS) is 23.0. The molecule has 2 N–H and O–H groups in total. The summed E-state index contributed by atoms with van der Waals surface area (Å²) in [5.74, 6) is -0.367. The van der Waals surface area contributed by atoms with E-state index >= 15 is 0 Å². The van der Waals surface area contributed by atoms with Crippen LogP contribution in [0.5, 0.6) is 0 Å². The minimum atomic E-state index is -0.795. The molecule has 130 valence electrons. The first-order valence-electron chi connectivity index (χ1n) is 8.14. The van der Waals surface area contributed by atoms with Gasteiger partial charge in [0.1, 0.15) is 0 Å². The molecule has 0 saturated heterocycles. The van der Waals surface area contributed by atoms with Gasteiger partial charge in [-0.15, -0.1) is 0 Å². The Balaban J connectivity index is 1.51. The molecule has 2 fully saturated rings. The molecule has 7 heteroatoms. The maximum absolute atomic E-state index is 12.3. The number of rotatable bonds is 7. The van der Waals surface area contributed by atoms with Crippen molar-refractivity contribution in [3.63, 3.8) is 0 Å². The molecule has 1 aromatic rings. The third-order valence-electron chi connectivity index (χ3n) is 4.67. The van der Waals surface area contributed by atoms with E-state index < -0.39 is 5.97 Å². The van der Waals surface area contributed by atoms with Crippen LogP contribution in [0.1, 0.15) is 36.0 Å². The first-order chi connectivity index (χ1) is 11.4. The van der Waals surface area contributed by atoms with Crippen LogP contribution in [0.25, 0.3) is 0 Å². The number of halogens is 2. The molecular weight excluding hydrogens is 351 g/mol. The molecule has 0 spiro atoms. The van der Waals surface area contributed by atoms with Gasteiger partial charge in [0.05, 0.1) is 17.1 Å². The van der Waals surface area contributed by atoms with Gasteiger partial charge >= 0.3 is 5.97 Å². The van der Waals surface area contributed by atoms with E-state index in [1.54, 1.807) is 18.2 Å². The Morgan fingerprint density at radius 3 is 2.54 bits per heavy atom. The second kappa shape index (κ2) is 7.30. The molecule has 0 unspecified atom stereocenters. The second-order valence-corrected chi connectivity index (χ2v) is 7.53. The molecule has 2 saturated carbocycles. The Morgan fingerprint density at radius 2 is 1.96 bits per heavy atom. The van der Waals surface area contributed by atoms with Gasteiger partial charge in [0.2, 0.25) is 0 Å². The van der Waals surface area contributed by atoms with E-state index in [0.29, 0.717) is 21.5 Å². The highest BCUT2D eigenvalue weighted by molar-refractivity contribution is 6.36. The first-order valence-corrected chi connectivity index (χ1v) is 8.89. The molecule has 0 atom stereocenters. The summed E-state index contributed by atoms with van der Waals surface area (Å²) in [5, 5.41) is 12.8. The van der Waals surface area contributed by atoms with Crippen molar-refractivity contribution in [3.8, 4) is 0 Å². The fraction of sp³-hybridized carbons (Fsp3) is 0.529. The van der Waals surface area contributed by atoms with Gasteiger partial charge in [-0.2, -0.15) is 0 Å². The van der Waals surface area contributed by atoms with E-state index in [1.807, 2.05) is 4.90 Å². The Morgan fingerprint density at radius 1 is 1.25 bits per heavy atom. The SMILES string of the molecule is O=C(O)CN(CC1CC1)C1CC(NC(=O)c2ccc(Cl)cc2Cl)C1. The third-order valence-corrected chi connectivity index (χ3v) is 5.22. The fourth-order valence-electron chi connectivity index (χ4n) is 3.09. The molecule has 0 bridgehead atoms. The monoisotopic (exact) mass is 370 g/mol. The van der Waals surface area contributed by atoms with E-state index in [4.69, 9.17) is 28.3 Å². The molecule has 0 radical (unpaired) electrons. The first kappa shape index (κ1) is 17.5. The highest BCUT2D eigenvalue weighted by atomic mass is 35.5. The number of benzene rings is 1. The van der Waals surface area contributed by atoms with Crippen molar-refractivity contribution < 1.29 is 14.7 Å². The van der Waals surface area contributed by atoms with E-state index in [2.05, 4.69) is 5.32 Å². The van der Waals surface area contributed by atoms with Gasteiger partial charge in [0.25, 0.3) is 5.91 Å². The summed E-state index contributed by atoms with van der Waals surface area (Å²) < 4.78 is 0. The number of aliphatic carboxylic acids is 1. The number of hydrogen-bond donors (Lipinski definition) is 2. The highest BCUT2D eigenvalue weighted by Crippen LogP contribution is 2.34. The van der Waals surface area contributed by atoms with Crippen LogP contribution in [0.3, 0.4) is 0 Å². The maximum atomic E-state index is 12.3. The second-order valence-electron chi connectivity index (χ2n) is 6.69. The summed E-state index contributed by atoms with van der Waals surface area (Å²) in [6.45, 7) is 0.922. The van der Waals surface area contributed by atoms with Crippen LogP contribution in [-0.4, -0.2) is 47.1 Å². The zero-order valence-electron chi connectivity index (χ0n) is 13.2. The Bertz CT molecular complexity index is 643. The van der Waals surface area contributed by atoms with E-state index in [0.717, 1.165) is 19.4 Å². The minimum absolute atomic E-state index is 0.0599. The number of carboxylic acids is 1. The van der Waals surface area contributed by atoms with E-state index in [9.17, 15) is 9.59 Å². The van der Waals surface area contributed by atoms with Gasteiger partial charge < -0.3 is 10.4 Å². The minimum Gasteiger partial charge on any atom is -0.480 e. The lowest BCUT2D eigenvalue weighted by Gasteiger charge is -2.42. The number of hydrogen-bond acceptors (Lipinski definition) is 3. The summed E-state index contributed by atoms with van der Waals surface area (Å²) in [6.07, 6.45) is 3.93. The predicted octanol–water partition coefficient (Wildman–Crippen LogP) is 3.05. The number of nitrogens with one attached hydrogen (secondary N) is 1. The molecule has 3 rings (SSSR count). The maximum Gasteiger partial charge on any atom is 0.317 e. The lowest BCUT2D eigenvalue weighted by atomic mass is 9.85. The van der Waals surface area contributed by atoms with Crippen LogP contribution in [-0.2, 0) is 4.79 Å². The lowest BCUT2D eigenvalue weighted by Crippen LogP contribution is -2.55. The molecule has 2 aliphatic rings. The zero-order chi connectivity index (χ0) is 17.3. The highest BCUT2D eigenvalue weighted by Gasteiger charge is 2.37. The average Bonchev–Trinajstić information content (AvgIpc) is 3.24. The van der Waals surface area contributed by atoms with Crippen molar-refractivity contribution in [2.75, 3.05) is 13.1 Å². The Hall–Kier alpha value is -1.30. The fourth-order valence-corrected chi connectivity index (χ4v) is 3.58. The molecule has 1 amide bonds. The van der Waals surface area contributed by atoms with Crippen LogP contribution in [0.15, 0.2) is 18.2 Å². The average molecular weight is 371 g/mol. The summed E-state index contributed by atoms with van der Waals surface area (Å²) in [4.78, 5) is 25.3. The summed E-state index contributed by atoms with van der Waals surface area (Å²) >= 11 is 11.9. The van der Waals surface area contributed by atoms with Crippen LogP contribution in [0.4, 0.5) is 0 Å². The number of carbonyl (C=O) groups is 2. The Labute approximate surface area is 150 Å². The van der Waals surface area contributed by atoms with Gasteiger partial charge in [0.15, 0.2) is 0 Å². The molecule has 5 nitrogen and oxygen atoms in total. The molecule has 0 aliphatic heterocycles. The van der Waals surface area contributed by atoms with E-state index in [1.165, 1.54) is 12.8 Å². The molecule has 24 heavy (non-hydrogen) atoms. The van der Waals surface area contributed by atoms with Crippen molar-refractivity contribution in [1.29, 1.82) is 0 Å². The zero-order valence-corrected chi connectivity index (χ0v) is 14.7. The summed E-state index contributed by atoms with van der Waals surface area (Å²) in [6, 6.07) is 5.08. The molecular formula is C17H20Cl2N2O3. The molecule has 1 aromatic carbocycles. The number of amides is 1. The van der Waals surface area contributed by atoms with Crippen molar-refractivity contribution in [2.24, 2.45) is 5.92 Å². The largest absolute Gasteiger partial charge is 0.480 e. The topological polar surface area (TPSA) is 69.6 Å². The van der Waals surface area contributed by atoms with Crippen LogP contribution < -0.4 is 5.32 Å². The van der Waals surface area contributed by atoms with Gasteiger partial charge in [0, 0.05) is 23.7 Å². The third kappa shape index (κ3) is 4.41. The van der Waals surface area contributed by atoms with Gasteiger partial charge in [-0.3, -0.25) is 14.5 Å². The standard InChI is InChI=1S/C17H20Cl2N2O3/c18-11-3-4-14(15(19)5-11)17(24)20-12-6-13(7-12)21(9-16(22)23)8-10-1-2-10/h3-5,10,12-13H,1-2,6-9H2,(H,20,24)(H,22,23). The number of carbonyl (C=O) groups excluding carboxylic acids is 1. The van der Waals surface area contributed by atoms with E-state index in [-0.39, 0.29) is 24.5 Å². The van der Waals surface area contributed by atoms with Crippen molar-refractivity contribution in [1.82, 2.24) is 10.2 Å². The van der Waals surface area contributed by atoms with Crippen LogP contribution in [0.2, 0.25) is 10.0 Å². The molecule has 2 aliphatic carbocycles. The van der Waals surface area contributed by atoms with Gasteiger partial charge in [-0.25, -0.2) is 0 Å².